The highest BCUT2D eigenvalue weighted by molar-refractivity contribution is 5.91. The fourth-order valence-electron chi connectivity index (χ4n) is 3.96. The minimum Gasteiger partial charge on any atom is -0.478 e. The van der Waals surface area contributed by atoms with Gasteiger partial charge >= 0.3 is 12.1 Å². The summed E-state index contributed by atoms with van der Waals surface area (Å²) in [6.45, 7) is 3.46. The van der Waals surface area contributed by atoms with E-state index in [1.54, 1.807) is 13.8 Å². The van der Waals surface area contributed by atoms with E-state index < -0.39 is 12.1 Å². The van der Waals surface area contributed by atoms with Gasteiger partial charge in [-0.2, -0.15) is 0 Å². The minimum atomic E-state index is -1.04. The molecule has 0 atom stereocenters. The molecular formula is C23H20N2O4. The Morgan fingerprint density at radius 1 is 1.03 bits per heavy atom. The number of amides is 1. The predicted molar refractivity (Wildman–Crippen MR) is 109 cm³/mol. The maximum atomic E-state index is 12.3. The molecule has 6 heteroatoms. The molecule has 2 N–H and O–H groups in total. The summed E-state index contributed by atoms with van der Waals surface area (Å²) in [7, 11) is 0. The molecule has 2 aromatic carbocycles. The third kappa shape index (κ3) is 3.45. The zero-order valence-electron chi connectivity index (χ0n) is 16.1. The van der Waals surface area contributed by atoms with E-state index in [0.29, 0.717) is 11.3 Å². The number of nitrogens with zero attached hydrogens (tertiary/aromatic N) is 1. The lowest BCUT2D eigenvalue weighted by Crippen LogP contribution is -2.19. The van der Waals surface area contributed by atoms with Crippen molar-refractivity contribution in [1.29, 1.82) is 0 Å². The summed E-state index contributed by atoms with van der Waals surface area (Å²) in [6, 6.07) is 17.8. The maximum Gasteiger partial charge on any atom is 0.412 e. The van der Waals surface area contributed by atoms with E-state index >= 15 is 0 Å². The van der Waals surface area contributed by atoms with Crippen molar-refractivity contribution >= 4 is 17.9 Å². The quantitative estimate of drug-likeness (QED) is 0.673. The monoisotopic (exact) mass is 388 g/mol. The van der Waals surface area contributed by atoms with Gasteiger partial charge in [0.05, 0.1) is 11.3 Å². The molecule has 3 aromatic rings. The smallest absolute Gasteiger partial charge is 0.412 e. The Hall–Kier alpha value is -3.67. The number of carbonyl (C=O) groups is 2. The fraction of sp³-hybridized carbons (Fsp3) is 0.174. The number of fused-ring (bicyclic) bond motifs is 3. The van der Waals surface area contributed by atoms with Crippen LogP contribution in [0.25, 0.3) is 11.1 Å². The number of hydrogen-bond donors (Lipinski definition) is 2. The van der Waals surface area contributed by atoms with Crippen LogP contribution in [0.3, 0.4) is 0 Å². The average molecular weight is 388 g/mol. The molecule has 1 heterocycles. The summed E-state index contributed by atoms with van der Waals surface area (Å²) in [4.78, 5) is 27.8. The van der Waals surface area contributed by atoms with E-state index in [9.17, 15) is 14.7 Å². The molecule has 0 unspecified atom stereocenters. The summed E-state index contributed by atoms with van der Waals surface area (Å²) in [6.07, 6.45) is -0.624. The molecule has 6 nitrogen and oxygen atoms in total. The molecule has 0 saturated carbocycles. The SMILES string of the molecule is Cc1cc(NC(=O)OCC2c3ccccc3-c3ccccc32)nc(C)c1C(=O)O. The molecule has 0 bridgehead atoms. The molecule has 0 spiro atoms. The van der Waals surface area contributed by atoms with Gasteiger partial charge in [0.2, 0.25) is 0 Å². The number of pyridine rings is 1. The van der Waals surface area contributed by atoms with Crippen molar-refractivity contribution in [2.45, 2.75) is 19.8 Å². The topological polar surface area (TPSA) is 88.5 Å². The van der Waals surface area contributed by atoms with Crippen molar-refractivity contribution in [2.24, 2.45) is 0 Å². The first-order valence-electron chi connectivity index (χ1n) is 9.29. The minimum absolute atomic E-state index is 0.0287. The molecular weight excluding hydrogens is 368 g/mol. The summed E-state index contributed by atoms with van der Waals surface area (Å²) >= 11 is 0. The van der Waals surface area contributed by atoms with Crippen LogP contribution in [0.2, 0.25) is 0 Å². The zero-order valence-corrected chi connectivity index (χ0v) is 16.1. The molecule has 0 radical (unpaired) electrons. The van der Waals surface area contributed by atoms with Crippen molar-refractivity contribution < 1.29 is 19.4 Å². The van der Waals surface area contributed by atoms with E-state index in [-0.39, 0.29) is 23.9 Å². The molecule has 4 rings (SSSR count). The highest BCUT2D eigenvalue weighted by atomic mass is 16.5. The van der Waals surface area contributed by atoms with Gasteiger partial charge in [0.1, 0.15) is 12.4 Å². The van der Waals surface area contributed by atoms with E-state index in [4.69, 9.17) is 4.74 Å². The molecule has 1 aliphatic carbocycles. The second kappa shape index (κ2) is 7.39. The molecule has 29 heavy (non-hydrogen) atoms. The third-order valence-corrected chi connectivity index (χ3v) is 5.19. The van der Waals surface area contributed by atoms with E-state index in [1.807, 2.05) is 24.3 Å². The molecule has 0 aliphatic heterocycles. The third-order valence-electron chi connectivity index (χ3n) is 5.19. The average Bonchev–Trinajstić information content (AvgIpc) is 2.99. The van der Waals surface area contributed by atoms with Gasteiger partial charge in [-0.3, -0.25) is 5.32 Å². The number of hydrogen-bond acceptors (Lipinski definition) is 4. The van der Waals surface area contributed by atoms with E-state index in [2.05, 4.69) is 34.6 Å². The van der Waals surface area contributed by atoms with Crippen LogP contribution in [0.4, 0.5) is 10.6 Å². The molecule has 0 fully saturated rings. The number of carboxylic acid groups (broad SMARTS) is 1. The van der Waals surface area contributed by atoms with Crippen molar-refractivity contribution in [3.63, 3.8) is 0 Å². The maximum absolute atomic E-state index is 12.3. The van der Waals surface area contributed by atoms with Gasteiger partial charge in [-0.25, -0.2) is 14.6 Å². The van der Waals surface area contributed by atoms with Crippen molar-refractivity contribution in [3.8, 4) is 11.1 Å². The highest BCUT2D eigenvalue weighted by Crippen LogP contribution is 2.44. The largest absolute Gasteiger partial charge is 0.478 e. The first-order valence-corrected chi connectivity index (χ1v) is 9.29. The lowest BCUT2D eigenvalue weighted by atomic mass is 9.98. The van der Waals surface area contributed by atoms with Crippen molar-refractivity contribution in [3.05, 3.63) is 82.5 Å². The van der Waals surface area contributed by atoms with E-state index in [0.717, 1.165) is 22.3 Å². The number of benzene rings is 2. The van der Waals surface area contributed by atoms with Gasteiger partial charge in [-0.1, -0.05) is 48.5 Å². The van der Waals surface area contributed by atoms with Gasteiger partial charge < -0.3 is 9.84 Å². The number of rotatable bonds is 4. The number of aromatic nitrogens is 1. The summed E-state index contributed by atoms with van der Waals surface area (Å²) in [5.41, 5.74) is 5.60. The van der Waals surface area contributed by atoms with Crippen LogP contribution in [0.15, 0.2) is 54.6 Å². The second-order valence-electron chi connectivity index (χ2n) is 7.04. The Balaban J connectivity index is 1.49. The number of ether oxygens (including phenoxy) is 1. The van der Waals surface area contributed by atoms with Crippen LogP contribution in [-0.2, 0) is 4.74 Å². The number of anilines is 1. The van der Waals surface area contributed by atoms with Gasteiger partial charge in [0, 0.05) is 5.92 Å². The van der Waals surface area contributed by atoms with Crippen LogP contribution in [-0.4, -0.2) is 28.8 Å². The van der Waals surface area contributed by atoms with Gasteiger partial charge in [0.25, 0.3) is 0 Å². The van der Waals surface area contributed by atoms with Crippen LogP contribution in [0, 0.1) is 13.8 Å². The summed E-state index contributed by atoms with van der Waals surface area (Å²) in [5, 5.41) is 11.8. The number of carboxylic acids is 1. The van der Waals surface area contributed by atoms with Crippen molar-refractivity contribution in [1.82, 2.24) is 4.98 Å². The molecule has 1 amide bonds. The Kier molecular flexibility index (Phi) is 4.76. The molecule has 1 aliphatic rings. The number of nitrogens with one attached hydrogen (secondary N) is 1. The summed E-state index contributed by atoms with van der Waals surface area (Å²) < 4.78 is 5.49. The van der Waals surface area contributed by atoms with Crippen molar-refractivity contribution in [2.75, 3.05) is 11.9 Å². The first kappa shape index (κ1) is 18.7. The van der Waals surface area contributed by atoms with Gasteiger partial charge in [0.15, 0.2) is 0 Å². The Labute approximate surface area is 168 Å². The standard InChI is InChI=1S/C23H20N2O4/c1-13-11-20(24-14(2)21(13)22(26)27)25-23(28)29-12-19-17-9-5-3-7-15(17)16-8-4-6-10-18(16)19/h3-11,19H,12H2,1-2H3,(H,26,27)(H,24,25,28). The van der Waals surface area contributed by atoms with E-state index in [1.165, 1.54) is 6.07 Å². The second-order valence-corrected chi connectivity index (χ2v) is 7.04. The zero-order chi connectivity index (χ0) is 20.5. The lowest BCUT2D eigenvalue weighted by Gasteiger charge is -2.15. The normalized spacial score (nSPS) is 12.2. The molecule has 146 valence electrons. The fourth-order valence-corrected chi connectivity index (χ4v) is 3.96. The van der Waals surface area contributed by atoms with Crippen LogP contribution >= 0.6 is 0 Å². The number of carbonyl (C=O) groups excluding carboxylic acids is 1. The molecule has 0 saturated heterocycles. The van der Waals surface area contributed by atoms with Crippen LogP contribution in [0.5, 0.6) is 0 Å². The van der Waals surface area contributed by atoms with Crippen LogP contribution in [0.1, 0.15) is 38.7 Å². The number of aryl methyl sites for hydroxylation is 2. The van der Waals surface area contributed by atoms with Crippen LogP contribution < -0.4 is 5.32 Å². The Morgan fingerprint density at radius 3 is 2.17 bits per heavy atom. The first-order chi connectivity index (χ1) is 14.0. The number of aromatic carboxylic acids is 1. The Morgan fingerprint density at radius 2 is 1.62 bits per heavy atom. The highest BCUT2D eigenvalue weighted by Gasteiger charge is 2.29. The Bertz CT molecular complexity index is 1050. The predicted octanol–water partition coefficient (Wildman–Crippen LogP) is 4.76. The van der Waals surface area contributed by atoms with Gasteiger partial charge in [-0.15, -0.1) is 0 Å². The summed E-state index contributed by atoms with van der Waals surface area (Å²) in [5.74, 6) is -0.804. The molecule has 1 aromatic heterocycles. The van der Waals surface area contributed by atoms with Gasteiger partial charge in [-0.05, 0) is 47.7 Å². The lowest BCUT2D eigenvalue weighted by molar-refractivity contribution is 0.0695.